The number of halogens is 3. The van der Waals surface area contributed by atoms with E-state index in [9.17, 15) is 18.3 Å². The number of benzene rings is 2. The molecule has 0 aliphatic heterocycles. The Kier molecular flexibility index (Phi) is 3.28. The third-order valence-electron chi connectivity index (χ3n) is 3.42. The summed E-state index contributed by atoms with van der Waals surface area (Å²) in [6.07, 6.45) is -4.41. The standard InChI is InChI=1S/C17H12F3NO/c1-10-7-14(11-3-2-4-13(22)8-11)15-9-12(17(18,19)20)5-6-16(15)21-10/h2-9,22H,1H3. The Labute approximate surface area is 124 Å². The molecule has 2 aromatic carbocycles. The summed E-state index contributed by atoms with van der Waals surface area (Å²) in [4.78, 5) is 4.28. The number of fused-ring (bicyclic) bond motifs is 1. The average Bonchev–Trinajstić information content (AvgIpc) is 2.45. The topological polar surface area (TPSA) is 33.1 Å². The Morgan fingerprint density at radius 2 is 1.77 bits per heavy atom. The van der Waals surface area contributed by atoms with Gasteiger partial charge in [-0.25, -0.2) is 0 Å². The van der Waals surface area contributed by atoms with Crippen molar-refractivity contribution in [2.45, 2.75) is 13.1 Å². The zero-order chi connectivity index (χ0) is 15.9. The number of nitrogens with zero attached hydrogens (tertiary/aromatic N) is 1. The Hall–Kier alpha value is -2.56. The summed E-state index contributed by atoms with van der Waals surface area (Å²) in [6.45, 7) is 1.78. The van der Waals surface area contributed by atoms with Crippen molar-refractivity contribution in [2.24, 2.45) is 0 Å². The van der Waals surface area contributed by atoms with E-state index in [0.717, 1.165) is 12.1 Å². The van der Waals surface area contributed by atoms with E-state index in [4.69, 9.17) is 0 Å². The molecule has 3 aromatic rings. The number of aromatic nitrogens is 1. The molecule has 1 aromatic heterocycles. The molecule has 0 spiro atoms. The summed E-state index contributed by atoms with van der Waals surface area (Å²) in [5, 5.41) is 10.0. The molecule has 0 fully saturated rings. The second-order valence-electron chi connectivity index (χ2n) is 5.09. The highest BCUT2D eigenvalue weighted by molar-refractivity contribution is 5.95. The van der Waals surface area contributed by atoms with Crippen LogP contribution in [0.4, 0.5) is 13.2 Å². The number of aryl methyl sites for hydroxylation is 1. The first-order valence-corrected chi connectivity index (χ1v) is 6.62. The smallest absolute Gasteiger partial charge is 0.416 e. The number of alkyl halides is 3. The van der Waals surface area contributed by atoms with Crippen LogP contribution in [0.5, 0.6) is 5.75 Å². The molecule has 112 valence electrons. The largest absolute Gasteiger partial charge is 0.508 e. The number of hydrogen-bond acceptors (Lipinski definition) is 2. The number of hydrogen-bond donors (Lipinski definition) is 1. The van der Waals surface area contributed by atoms with Gasteiger partial charge in [-0.15, -0.1) is 0 Å². The molecule has 0 saturated carbocycles. The van der Waals surface area contributed by atoms with Crippen LogP contribution in [0, 0.1) is 6.92 Å². The van der Waals surface area contributed by atoms with Gasteiger partial charge in [0.25, 0.3) is 0 Å². The number of aromatic hydroxyl groups is 1. The van der Waals surface area contributed by atoms with E-state index >= 15 is 0 Å². The quantitative estimate of drug-likeness (QED) is 0.691. The molecule has 0 unspecified atom stereocenters. The lowest BCUT2D eigenvalue weighted by Crippen LogP contribution is -2.04. The lowest BCUT2D eigenvalue weighted by Gasteiger charge is -2.12. The van der Waals surface area contributed by atoms with E-state index in [1.807, 2.05) is 0 Å². The highest BCUT2D eigenvalue weighted by Crippen LogP contribution is 2.35. The average molecular weight is 303 g/mol. The van der Waals surface area contributed by atoms with Crippen LogP contribution in [-0.4, -0.2) is 10.1 Å². The molecular weight excluding hydrogens is 291 g/mol. The minimum atomic E-state index is -4.41. The van der Waals surface area contributed by atoms with Gasteiger partial charge in [0.15, 0.2) is 0 Å². The summed E-state index contributed by atoms with van der Waals surface area (Å²) in [5.74, 6) is 0.0621. The van der Waals surface area contributed by atoms with Crippen LogP contribution >= 0.6 is 0 Å². The molecule has 1 N–H and O–H groups in total. The summed E-state index contributed by atoms with van der Waals surface area (Å²) in [6, 6.07) is 11.7. The zero-order valence-electron chi connectivity index (χ0n) is 11.6. The normalized spacial score (nSPS) is 11.8. The van der Waals surface area contributed by atoms with Gasteiger partial charge in [0, 0.05) is 11.1 Å². The van der Waals surface area contributed by atoms with E-state index in [1.54, 1.807) is 25.1 Å². The maximum absolute atomic E-state index is 12.9. The number of phenols is 1. The number of pyridine rings is 1. The Morgan fingerprint density at radius 3 is 2.45 bits per heavy atom. The molecular formula is C17H12F3NO. The van der Waals surface area contributed by atoms with E-state index in [-0.39, 0.29) is 5.75 Å². The van der Waals surface area contributed by atoms with Crippen LogP contribution in [0.3, 0.4) is 0 Å². The van der Waals surface area contributed by atoms with Crippen molar-refractivity contribution in [1.29, 1.82) is 0 Å². The van der Waals surface area contributed by atoms with Gasteiger partial charge in [0.2, 0.25) is 0 Å². The van der Waals surface area contributed by atoms with Crippen LogP contribution < -0.4 is 0 Å². The van der Waals surface area contributed by atoms with Crippen molar-refractivity contribution in [1.82, 2.24) is 4.98 Å². The molecule has 0 radical (unpaired) electrons. The van der Waals surface area contributed by atoms with Gasteiger partial charge < -0.3 is 5.11 Å². The van der Waals surface area contributed by atoms with E-state index in [1.165, 1.54) is 18.2 Å². The summed E-state index contributed by atoms with van der Waals surface area (Å²) < 4.78 is 38.8. The van der Waals surface area contributed by atoms with Gasteiger partial charge in [-0.3, -0.25) is 4.98 Å². The molecule has 0 aliphatic carbocycles. The van der Waals surface area contributed by atoms with Crippen LogP contribution in [0.15, 0.2) is 48.5 Å². The van der Waals surface area contributed by atoms with Gasteiger partial charge in [-0.1, -0.05) is 12.1 Å². The lowest BCUT2D eigenvalue weighted by molar-refractivity contribution is -0.137. The highest BCUT2D eigenvalue weighted by atomic mass is 19.4. The monoisotopic (exact) mass is 303 g/mol. The first kappa shape index (κ1) is 14.4. The van der Waals surface area contributed by atoms with Gasteiger partial charge in [0.1, 0.15) is 5.75 Å². The molecule has 0 saturated heterocycles. The van der Waals surface area contributed by atoms with E-state index < -0.39 is 11.7 Å². The third-order valence-corrected chi connectivity index (χ3v) is 3.42. The van der Waals surface area contributed by atoms with Gasteiger partial charge in [-0.2, -0.15) is 13.2 Å². The molecule has 1 heterocycles. The van der Waals surface area contributed by atoms with Crippen LogP contribution in [-0.2, 0) is 6.18 Å². The fourth-order valence-corrected chi connectivity index (χ4v) is 2.45. The Balaban J connectivity index is 2.32. The minimum absolute atomic E-state index is 0.0621. The van der Waals surface area contributed by atoms with E-state index in [0.29, 0.717) is 27.7 Å². The van der Waals surface area contributed by atoms with Crippen molar-refractivity contribution in [2.75, 3.05) is 0 Å². The fraction of sp³-hybridized carbons (Fsp3) is 0.118. The van der Waals surface area contributed by atoms with E-state index in [2.05, 4.69) is 4.98 Å². The maximum atomic E-state index is 12.9. The van der Waals surface area contributed by atoms with Crippen LogP contribution in [0.1, 0.15) is 11.3 Å². The van der Waals surface area contributed by atoms with Gasteiger partial charge >= 0.3 is 6.18 Å². The molecule has 0 amide bonds. The molecule has 0 atom stereocenters. The molecule has 0 aliphatic rings. The molecule has 2 nitrogen and oxygen atoms in total. The van der Waals surface area contributed by atoms with Crippen LogP contribution in [0.25, 0.3) is 22.0 Å². The first-order chi connectivity index (χ1) is 10.3. The Bertz CT molecular complexity index is 856. The molecule has 3 rings (SSSR count). The lowest BCUT2D eigenvalue weighted by atomic mass is 9.98. The number of rotatable bonds is 1. The SMILES string of the molecule is Cc1cc(-c2cccc(O)c2)c2cc(C(F)(F)F)ccc2n1. The predicted molar refractivity (Wildman–Crippen MR) is 78.6 cm³/mol. The second-order valence-corrected chi connectivity index (χ2v) is 5.09. The summed E-state index contributed by atoms with van der Waals surface area (Å²) >= 11 is 0. The summed E-state index contributed by atoms with van der Waals surface area (Å²) in [5.41, 5.74) is 1.74. The number of phenolic OH excluding ortho intramolecular Hbond substituents is 1. The summed E-state index contributed by atoms with van der Waals surface area (Å²) in [7, 11) is 0. The predicted octanol–water partition coefficient (Wildman–Crippen LogP) is 4.93. The fourth-order valence-electron chi connectivity index (χ4n) is 2.45. The molecule has 0 bridgehead atoms. The first-order valence-electron chi connectivity index (χ1n) is 6.62. The molecule has 22 heavy (non-hydrogen) atoms. The van der Waals surface area contributed by atoms with Crippen LogP contribution in [0.2, 0.25) is 0 Å². The van der Waals surface area contributed by atoms with Crippen molar-refractivity contribution in [3.05, 3.63) is 59.8 Å². The Morgan fingerprint density at radius 1 is 1.00 bits per heavy atom. The van der Waals surface area contributed by atoms with Gasteiger partial charge in [0.05, 0.1) is 11.1 Å². The van der Waals surface area contributed by atoms with Crippen molar-refractivity contribution in [3.63, 3.8) is 0 Å². The zero-order valence-corrected chi connectivity index (χ0v) is 11.6. The van der Waals surface area contributed by atoms with Crippen molar-refractivity contribution >= 4 is 10.9 Å². The van der Waals surface area contributed by atoms with Crippen molar-refractivity contribution < 1.29 is 18.3 Å². The molecule has 5 heteroatoms. The highest BCUT2D eigenvalue weighted by Gasteiger charge is 2.30. The second kappa shape index (κ2) is 5.02. The minimum Gasteiger partial charge on any atom is -0.508 e. The third kappa shape index (κ3) is 2.62. The maximum Gasteiger partial charge on any atom is 0.416 e. The van der Waals surface area contributed by atoms with Crippen molar-refractivity contribution in [3.8, 4) is 16.9 Å². The van der Waals surface area contributed by atoms with Gasteiger partial charge in [-0.05, 0) is 54.4 Å².